The predicted molar refractivity (Wildman–Crippen MR) is 441 cm³/mol. The van der Waals surface area contributed by atoms with Gasteiger partial charge in [-0.25, -0.2) is 9.97 Å². The van der Waals surface area contributed by atoms with Crippen molar-refractivity contribution in [2.75, 3.05) is 0 Å². The van der Waals surface area contributed by atoms with Crippen LogP contribution in [0.2, 0.25) is 0 Å². The number of aromatic nitrogens is 6. The number of hydrogen-bond acceptors (Lipinski definition) is 2. The van der Waals surface area contributed by atoms with Gasteiger partial charge in [0.05, 0.1) is 72.6 Å². The molecule has 0 unspecified atom stereocenters. The number of para-hydroxylation sites is 9. The van der Waals surface area contributed by atoms with E-state index in [2.05, 4.69) is 393 Å². The van der Waals surface area contributed by atoms with Crippen molar-refractivity contribution in [3.63, 3.8) is 0 Å². The van der Waals surface area contributed by atoms with Gasteiger partial charge in [0.15, 0.2) is 5.82 Å². The van der Waals surface area contributed by atoms with E-state index in [1.165, 1.54) is 60.0 Å². The van der Waals surface area contributed by atoms with Crippen molar-refractivity contribution in [3.8, 4) is 78.9 Å². The third-order valence-electron chi connectivity index (χ3n) is 21.8. The standard InChI is InChI=1S/C98H84N6/c1-95(2,3)64-52-61(53-65(58-64)96(4,5)6)80-60-81(62-54-66(97(7,8)9)59-67(55-62)98(10,11)12)100-94(99-80)63-56-78(74-39-21-29-47-87(74)102-83-43-25-16-34-69(83)70-35-17-26-44-84(70)102)92(79(57-63)75-40-22-30-48-88(75)103-85-45-27-18-36-71(85)72-37-19-28-46-86(72)103)104-89-49-31-23-41-77(89)91-90(104)51-50-76-73-38-20-24-42-82(73)101(93(76)91)68-32-14-13-15-33-68/h13-60H,1-12H3. The van der Waals surface area contributed by atoms with E-state index in [1.54, 1.807) is 0 Å². The number of nitrogens with zero attached hydrogens (tertiary/aromatic N) is 6. The highest BCUT2D eigenvalue weighted by Crippen LogP contribution is 2.51. The minimum absolute atomic E-state index is 0.152. The van der Waals surface area contributed by atoms with Crippen LogP contribution in [0.5, 0.6) is 0 Å². The van der Waals surface area contributed by atoms with Gasteiger partial charge >= 0.3 is 0 Å². The summed E-state index contributed by atoms with van der Waals surface area (Å²) >= 11 is 0. The Morgan fingerprint density at radius 1 is 0.240 bits per heavy atom. The zero-order valence-electron chi connectivity index (χ0n) is 61.4. The summed E-state index contributed by atoms with van der Waals surface area (Å²) in [7, 11) is 0. The molecule has 0 spiro atoms. The molecule has 506 valence electrons. The molecular formula is C98H84N6. The number of fused-ring (bicyclic) bond motifs is 13. The summed E-state index contributed by atoms with van der Waals surface area (Å²) in [5, 5.41) is 9.51. The van der Waals surface area contributed by atoms with Crippen molar-refractivity contribution in [3.05, 3.63) is 313 Å². The lowest BCUT2D eigenvalue weighted by Crippen LogP contribution is -2.17. The number of benzene rings is 13. The molecule has 0 atom stereocenters. The van der Waals surface area contributed by atoms with Crippen LogP contribution in [0, 0.1) is 0 Å². The van der Waals surface area contributed by atoms with Crippen molar-refractivity contribution in [2.45, 2.75) is 105 Å². The second kappa shape index (κ2) is 23.9. The first kappa shape index (κ1) is 64.3. The molecule has 5 aromatic heterocycles. The molecule has 6 heteroatoms. The van der Waals surface area contributed by atoms with Crippen LogP contribution in [-0.2, 0) is 21.7 Å². The van der Waals surface area contributed by atoms with Gasteiger partial charge in [0, 0.05) is 87.7 Å². The van der Waals surface area contributed by atoms with Crippen LogP contribution in [-0.4, -0.2) is 28.2 Å². The lowest BCUT2D eigenvalue weighted by molar-refractivity contribution is 0.568. The van der Waals surface area contributed by atoms with E-state index in [4.69, 9.17) is 9.97 Å². The Morgan fingerprint density at radius 2 is 0.577 bits per heavy atom. The Bertz CT molecular complexity index is 6070. The monoisotopic (exact) mass is 1340 g/mol. The fourth-order valence-corrected chi connectivity index (χ4v) is 16.3. The molecule has 0 saturated heterocycles. The van der Waals surface area contributed by atoms with Gasteiger partial charge in [0.1, 0.15) is 0 Å². The molecule has 104 heavy (non-hydrogen) atoms. The molecule has 6 nitrogen and oxygen atoms in total. The Kier molecular flexibility index (Phi) is 14.7. The largest absolute Gasteiger partial charge is 0.309 e. The first-order valence-electron chi connectivity index (χ1n) is 36.7. The second-order valence-corrected chi connectivity index (χ2v) is 32.7. The molecule has 5 heterocycles. The van der Waals surface area contributed by atoms with Gasteiger partial charge in [0.25, 0.3) is 0 Å². The molecule has 0 amide bonds. The third-order valence-corrected chi connectivity index (χ3v) is 21.8. The second-order valence-electron chi connectivity index (χ2n) is 32.7. The topological polar surface area (TPSA) is 45.5 Å². The van der Waals surface area contributed by atoms with Gasteiger partial charge in [-0.3, -0.25) is 0 Å². The molecule has 0 bridgehead atoms. The maximum absolute atomic E-state index is 6.02. The summed E-state index contributed by atoms with van der Waals surface area (Å²) < 4.78 is 10.1. The minimum atomic E-state index is -0.152. The van der Waals surface area contributed by atoms with Crippen molar-refractivity contribution in [2.24, 2.45) is 0 Å². The Balaban J connectivity index is 1.05. The number of hydrogen-bond donors (Lipinski definition) is 0. The molecule has 0 radical (unpaired) electrons. The van der Waals surface area contributed by atoms with Crippen molar-refractivity contribution in [1.82, 2.24) is 28.2 Å². The van der Waals surface area contributed by atoms with Crippen LogP contribution >= 0.6 is 0 Å². The molecule has 0 saturated carbocycles. The molecule has 18 rings (SSSR count). The summed E-state index contributed by atoms with van der Waals surface area (Å²) in [5.74, 6) is 0.628. The fourth-order valence-electron chi connectivity index (χ4n) is 16.3. The third kappa shape index (κ3) is 10.5. The van der Waals surface area contributed by atoms with Crippen molar-refractivity contribution in [1.29, 1.82) is 0 Å². The summed E-state index contributed by atoms with van der Waals surface area (Å²) in [6.07, 6.45) is 0. The fraction of sp³-hybridized carbons (Fsp3) is 0.163. The van der Waals surface area contributed by atoms with E-state index in [1.807, 2.05) is 0 Å². The highest BCUT2D eigenvalue weighted by molar-refractivity contribution is 6.27. The molecule has 0 fully saturated rings. The van der Waals surface area contributed by atoms with Crippen LogP contribution in [0.15, 0.2) is 291 Å². The van der Waals surface area contributed by atoms with Crippen LogP contribution in [0.25, 0.3) is 166 Å². The van der Waals surface area contributed by atoms with E-state index >= 15 is 0 Å². The summed E-state index contributed by atoms with van der Waals surface area (Å²) in [6.45, 7) is 27.9. The van der Waals surface area contributed by atoms with E-state index in [0.717, 1.165) is 123 Å². The average molecular weight is 1350 g/mol. The van der Waals surface area contributed by atoms with Crippen LogP contribution < -0.4 is 0 Å². The Morgan fingerprint density at radius 3 is 0.981 bits per heavy atom. The Hall–Kier alpha value is -11.9. The van der Waals surface area contributed by atoms with Gasteiger partial charge in [-0.15, -0.1) is 0 Å². The van der Waals surface area contributed by atoms with E-state index in [0.29, 0.717) is 5.82 Å². The lowest BCUT2D eigenvalue weighted by Gasteiger charge is -2.27. The SMILES string of the molecule is CC(C)(C)c1cc(-c2cc(-c3cc(C(C)(C)C)cc(C(C)(C)C)c3)nc(-c3cc(-c4ccccc4-n4c5ccccc5c5ccccc54)c(-n4c5ccccc5c5c4ccc4c6ccccc6n(-c6ccccc6)c45)c(-c4ccccc4-n4c5ccccc5c5ccccc54)c3)n2)cc(C(C)(C)C)c1. The van der Waals surface area contributed by atoms with Gasteiger partial charge in [-0.1, -0.05) is 265 Å². The molecule has 0 aliphatic heterocycles. The van der Waals surface area contributed by atoms with Crippen LogP contribution in [0.4, 0.5) is 0 Å². The van der Waals surface area contributed by atoms with E-state index < -0.39 is 0 Å². The first-order valence-corrected chi connectivity index (χ1v) is 36.7. The predicted octanol–water partition coefficient (Wildman–Crippen LogP) is 26.4. The molecule has 0 aliphatic rings. The quantitative estimate of drug-likeness (QED) is 0.145. The van der Waals surface area contributed by atoms with Gasteiger partial charge in [0.2, 0.25) is 0 Å². The zero-order valence-corrected chi connectivity index (χ0v) is 61.4. The van der Waals surface area contributed by atoms with E-state index in [9.17, 15) is 0 Å². The highest BCUT2D eigenvalue weighted by atomic mass is 15.0. The van der Waals surface area contributed by atoms with Gasteiger partial charge in [-0.2, -0.15) is 0 Å². The molecule has 13 aromatic carbocycles. The summed E-state index contributed by atoms with van der Waals surface area (Å²) in [4.78, 5) is 12.0. The molecule has 0 N–H and O–H groups in total. The maximum Gasteiger partial charge on any atom is 0.160 e. The molecular weight excluding hydrogens is 1260 g/mol. The average Bonchev–Trinajstić information content (AvgIpc) is 1.54. The first-order chi connectivity index (χ1) is 50.1. The molecule has 0 aliphatic carbocycles. The summed E-state index contributed by atoms with van der Waals surface area (Å²) in [5.41, 5.74) is 26.5. The maximum atomic E-state index is 6.02. The van der Waals surface area contributed by atoms with Gasteiger partial charge < -0.3 is 18.3 Å². The Labute approximate surface area is 608 Å². The van der Waals surface area contributed by atoms with Crippen molar-refractivity contribution < 1.29 is 0 Å². The zero-order chi connectivity index (χ0) is 71.3. The number of rotatable bonds is 9. The lowest BCUT2D eigenvalue weighted by atomic mass is 9.79. The van der Waals surface area contributed by atoms with Crippen molar-refractivity contribution >= 4 is 87.2 Å². The van der Waals surface area contributed by atoms with Crippen LogP contribution in [0.1, 0.15) is 105 Å². The van der Waals surface area contributed by atoms with E-state index in [-0.39, 0.29) is 21.7 Å². The van der Waals surface area contributed by atoms with Crippen LogP contribution in [0.3, 0.4) is 0 Å². The smallest absolute Gasteiger partial charge is 0.160 e. The molecule has 18 aromatic rings. The summed E-state index contributed by atoms with van der Waals surface area (Å²) in [6, 6.07) is 109. The highest BCUT2D eigenvalue weighted by Gasteiger charge is 2.31. The normalized spacial score (nSPS) is 12.6. The van der Waals surface area contributed by atoms with Gasteiger partial charge in [-0.05, 0) is 153 Å². The minimum Gasteiger partial charge on any atom is -0.309 e.